The highest BCUT2D eigenvalue weighted by atomic mass is 19.2. The summed E-state index contributed by atoms with van der Waals surface area (Å²) in [4.78, 5) is 11.6. The van der Waals surface area contributed by atoms with Gasteiger partial charge in [-0.25, -0.2) is 8.78 Å². The van der Waals surface area contributed by atoms with Crippen LogP contribution < -0.4 is 5.73 Å². The van der Waals surface area contributed by atoms with E-state index in [1.54, 1.807) is 0 Å². The Bertz CT molecular complexity index is 410. The monoisotopic (exact) mass is 241 g/mol. The molecule has 0 spiro atoms. The second kappa shape index (κ2) is 5.36. The van der Waals surface area contributed by atoms with Crippen molar-refractivity contribution in [3.63, 3.8) is 0 Å². The Labute approximate surface area is 99.8 Å². The van der Waals surface area contributed by atoms with Crippen molar-refractivity contribution in [2.75, 3.05) is 0 Å². The normalized spacial score (nSPS) is 11.6. The minimum absolute atomic E-state index is 0.0190. The first-order valence-corrected chi connectivity index (χ1v) is 5.52. The number of carbonyl (C=O) groups excluding carboxylic acids is 1. The van der Waals surface area contributed by atoms with Gasteiger partial charge in [-0.3, -0.25) is 4.79 Å². The van der Waals surface area contributed by atoms with Gasteiger partial charge in [0.15, 0.2) is 11.6 Å². The van der Waals surface area contributed by atoms with Gasteiger partial charge in [0.1, 0.15) is 5.78 Å². The van der Waals surface area contributed by atoms with Crippen molar-refractivity contribution < 1.29 is 13.6 Å². The van der Waals surface area contributed by atoms with E-state index < -0.39 is 11.6 Å². The lowest BCUT2D eigenvalue weighted by molar-refractivity contribution is -0.118. The molecule has 0 atom stereocenters. The minimum atomic E-state index is -0.922. The molecular weight excluding hydrogens is 224 g/mol. The molecule has 0 aliphatic carbocycles. The third-order valence-corrected chi connectivity index (χ3v) is 2.43. The van der Waals surface area contributed by atoms with E-state index in [1.165, 1.54) is 6.07 Å². The number of benzene rings is 1. The smallest absolute Gasteiger partial charge is 0.159 e. The third kappa shape index (κ3) is 5.04. The fourth-order valence-corrected chi connectivity index (χ4v) is 1.43. The van der Waals surface area contributed by atoms with Crippen LogP contribution in [0.1, 0.15) is 32.3 Å². The molecule has 0 heterocycles. The van der Waals surface area contributed by atoms with E-state index in [0.717, 1.165) is 12.1 Å². The lowest BCUT2D eigenvalue weighted by atomic mass is 9.96. The van der Waals surface area contributed by atoms with Gasteiger partial charge < -0.3 is 5.73 Å². The van der Waals surface area contributed by atoms with Gasteiger partial charge in [-0.2, -0.15) is 0 Å². The zero-order valence-corrected chi connectivity index (χ0v) is 10.1. The van der Waals surface area contributed by atoms with E-state index in [2.05, 4.69) is 0 Å². The molecule has 4 heteroatoms. The van der Waals surface area contributed by atoms with Crippen molar-refractivity contribution in [3.05, 3.63) is 35.4 Å². The quantitative estimate of drug-likeness (QED) is 0.861. The highest BCUT2D eigenvalue weighted by molar-refractivity contribution is 5.80. The van der Waals surface area contributed by atoms with E-state index in [4.69, 9.17) is 5.73 Å². The Balaban J connectivity index is 2.54. The molecule has 2 N–H and O–H groups in total. The van der Waals surface area contributed by atoms with E-state index >= 15 is 0 Å². The molecule has 0 fully saturated rings. The van der Waals surface area contributed by atoms with E-state index in [1.807, 2.05) is 13.8 Å². The highest BCUT2D eigenvalue weighted by Crippen LogP contribution is 2.12. The molecule has 0 saturated carbocycles. The number of ketones is 1. The fraction of sp³-hybridized carbons (Fsp3) is 0.462. The molecule has 2 nitrogen and oxygen atoms in total. The van der Waals surface area contributed by atoms with Crippen LogP contribution in [0.2, 0.25) is 0 Å². The fourth-order valence-electron chi connectivity index (χ4n) is 1.43. The summed E-state index contributed by atoms with van der Waals surface area (Å²) >= 11 is 0. The second-order valence-corrected chi connectivity index (χ2v) is 4.95. The maximum Gasteiger partial charge on any atom is 0.159 e. The van der Waals surface area contributed by atoms with Crippen LogP contribution in [0.15, 0.2) is 18.2 Å². The molecule has 0 aromatic heterocycles. The highest BCUT2D eigenvalue weighted by Gasteiger charge is 2.14. The summed E-state index contributed by atoms with van der Waals surface area (Å²) in [5, 5.41) is 0. The van der Waals surface area contributed by atoms with Crippen LogP contribution in [0, 0.1) is 11.6 Å². The van der Waals surface area contributed by atoms with E-state index in [-0.39, 0.29) is 17.7 Å². The topological polar surface area (TPSA) is 43.1 Å². The van der Waals surface area contributed by atoms with Gasteiger partial charge in [0, 0.05) is 18.4 Å². The summed E-state index contributed by atoms with van der Waals surface area (Å²) in [6.45, 7) is 3.69. The van der Waals surface area contributed by atoms with Crippen molar-refractivity contribution in [1.29, 1.82) is 0 Å². The number of Topliss-reactive ketones (excluding diaryl/α,β-unsaturated/α-hetero) is 1. The van der Waals surface area contributed by atoms with Crippen LogP contribution in [0.3, 0.4) is 0 Å². The van der Waals surface area contributed by atoms with Crippen molar-refractivity contribution >= 4 is 5.78 Å². The number of halogens is 2. The Kier molecular flexibility index (Phi) is 4.34. The number of carbonyl (C=O) groups is 1. The predicted octanol–water partition coefficient (Wildman–Crippen LogP) is 2.59. The SMILES string of the molecule is CC(C)(N)CCC(=O)Cc1ccc(F)c(F)c1. The molecule has 0 unspecified atom stereocenters. The summed E-state index contributed by atoms with van der Waals surface area (Å²) in [5.74, 6) is -1.84. The molecule has 1 aromatic carbocycles. The maximum atomic E-state index is 12.9. The van der Waals surface area contributed by atoms with E-state index in [0.29, 0.717) is 18.4 Å². The van der Waals surface area contributed by atoms with Crippen LogP contribution >= 0.6 is 0 Å². The van der Waals surface area contributed by atoms with Crippen molar-refractivity contribution in [3.8, 4) is 0 Å². The zero-order chi connectivity index (χ0) is 13.1. The van der Waals surface area contributed by atoms with Gasteiger partial charge in [0.05, 0.1) is 0 Å². The first kappa shape index (κ1) is 13.8. The molecule has 0 saturated heterocycles. The van der Waals surface area contributed by atoms with Crippen molar-refractivity contribution in [2.24, 2.45) is 5.73 Å². The average molecular weight is 241 g/mol. The molecule has 1 rings (SSSR count). The Morgan fingerprint density at radius 3 is 2.47 bits per heavy atom. The van der Waals surface area contributed by atoms with Gasteiger partial charge in [-0.1, -0.05) is 6.07 Å². The van der Waals surface area contributed by atoms with Crippen LogP contribution in [-0.2, 0) is 11.2 Å². The first-order chi connectivity index (χ1) is 7.78. The standard InChI is InChI=1S/C13H17F2NO/c1-13(2,16)6-5-10(17)7-9-3-4-11(14)12(15)8-9/h3-4,8H,5-7,16H2,1-2H3. The Morgan fingerprint density at radius 1 is 1.29 bits per heavy atom. The molecule has 1 aromatic rings. The molecular formula is C13H17F2NO. The minimum Gasteiger partial charge on any atom is -0.326 e. The van der Waals surface area contributed by atoms with Gasteiger partial charge in [-0.15, -0.1) is 0 Å². The summed E-state index contributed by atoms with van der Waals surface area (Å²) in [7, 11) is 0. The van der Waals surface area contributed by atoms with Crippen LogP contribution in [0.25, 0.3) is 0 Å². The van der Waals surface area contributed by atoms with Crippen LogP contribution in [0.5, 0.6) is 0 Å². The summed E-state index contributed by atoms with van der Waals surface area (Å²) in [6, 6.07) is 3.51. The first-order valence-electron chi connectivity index (χ1n) is 5.52. The number of rotatable bonds is 5. The van der Waals surface area contributed by atoms with Gasteiger partial charge >= 0.3 is 0 Å². The molecule has 0 aliphatic rings. The molecule has 0 bridgehead atoms. The van der Waals surface area contributed by atoms with Gasteiger partial charge in [0.2, 0.25) is 0 Å². The summed E-state index contributed by atoms with van der Waals surface area (Å²) in [6.07, 6.45) is 1.05. The van der Waals surface area contributed by atoms with Crippen LogP contribution in [0.4, 0.5) is 8.78 Å². The van der Waals surface area contributed by atoms with Gasteiger partial charge in [0.25, 0.3) is 0 Å². The number of nitrogens with two attached hydrogens (primary N) is 1. The van der Waals surface area contributed by atoms with Crippen LogP contribution in [-0.4, -0.2) is 11.3 Å². The zero-order valence-electron chi connectivity index (χ0n) is 10.1. The Morgan fingerprint density at radius 2 is 1.94 bits per heavy atom. The van der Waals surface area contributed by atoms with E-state index in [9.17, 15) is 13.6 Å². The number of hydrogen-bond donors (Lipinski definition) is 1. The third-order valence-electron chi connectivity index (χ3n) is 2.43. The lowest BCUT2D eigenvalue weighted by Gasteiger charge is -2.17. The average Bonchev–Trinajstić information content (AvgIpc) is 2.20. The maximum absolute atomic E-state index is 12.9. The van der Waals surface area contributed by atoms with Crippen molar-refractivity contribution in [1.82, 2.24) is 0 Å². The molecule has 17 heavy (non-hydrogen) atoms. The Hall–Kier alpha value is -1.29. The molecule has 0 amide bonds. The summed E-state index contributed by atoms with van der Waals surface area (Å²) in [5.41, 5.74) is 5.86. The second-order valence-electron chi connectivity index (χ2n) is 4.95. The predicted molar refractivity (Wildman–Crippen MR) is 62.6 cm³/mol. The molecule has 94 valence electrons. The van der Waals surface area contributed by atoms with Crippen molar-refractivity contribution in [2.45, 2.75) is 38.6 Å². The largest absolute Gasteiger partial charge is 0.326 e. The van der Waals surface area contributed by atoms with Gasteiger partial charge in [-0.05, 0) is 38.0 Å². The summed E-state index contributed by atoms with van der Waals surface area (Å²) < 4.78 is 25.6. The molecule has 0 radical (unpaired) electrons. The molecule has 0 aliphatic heterocycles. The lowest BCUT2D eigenvalue weighted by Crippen LogP contribution is -2.32. The number of hydrogen-bond acceptors (Lipinski definition) is 2.